The summed E-state index contributed by atoms with van der Waals surface area (Å²) in [7, 11) is 2.01. The van der Waals surface area contributed by atoms with Crippen molar-refractivity contribution in [1.82, 2.24) is 15.1 Å². The van der Waals surface area contributed by atoms with Gasteiger partial charge >= 0.3 is 0 Å². The molecule has 148 valence electrons. The highest BCUT2D eigenvalue weighted by molar-refractivity contribution is 5.85. The lowest BCUT2D eigenvalue weighted by Gasteiger charge is -2.37. The summed E-state index contributed by atoms with van der Waals surface area (Å²) in [5.74, 6) is 1.04. The molecule has 6 heteroatoms. The van der Waals surface area contributed by atoms with Crippen LogP contribution in [-0.4, -0.2) is 55.0 Å². The highest BCUT2D eigenvalue weighted by atomic mass is 35.5. The van der Waals surface area contributed by atoms with Crippen molar-refractivity contribution >= 4 is 30.7 Å². The predicted octanol–water partition coefficient (Wildman–Crippen LogP) is 3.34. The van der Waals surface area contributed by atoms with E-state index in [1.54, 1.807) is 0 Å². The van der Waals surface area contributed by atoms with Crippen molar-refractivity contribution in [2.45, 2.75) is 44.7 Å². The topological polar surface area (TPSA) is 35.6 Å². The Balaban J connectivity index is 0.00000169. The summed E-state index contributed by atoms with van der Waals surface area (Å²) in [6, 6.07) is 11.1. The third kappa shape index (κ3) is 6.73. The number of piperidine rings is 1. The van der Waals surface area contributed by atoms with Gasteiger partial charge in [-0.1, -0.05) is 30.3 Å². The highest BCUT2D eigenvalue weighted by Gasteiger charge is 2.26. The second-order valence-electron chi connectivity index (χ2n) is 7.40. The van der Waals surface area contributed by atoms with Gasteiger partial charge in [0.05, 0.1) is 0 Å². The van der Waals surface area contributed by atoms with E-state index in [0.29, 0.717) is 24.3 Å². The van der Waals surface area contributed by atoms with Crippen LogP contribution in [0.3, 0.4) is 0 Å². The molecule has 0 spiro atoms. The van der Waals surface area contributed by atoms with Gasteiger partial charge in [-0.2, -0.15) is 0 Å². The number of nitrogens with one attached hydrogen (secondary N) is 1. The number of hydrogen-bond acceptors (Lipinski definition) is 3. The van der Waals surface area contributed by atoms with Crippen molar-refractivity contribution in [3.8, 4) is 0 Å². The highest BCUT2D eigenvalue weighted by Crippen LogP contribution is 2.20. The fourth-order valence-electron chi connectivity index (χ4n) is 3.97. The molecule has 1 aromatic rings. The first-order valence-electron chi connectivity index (χ1n) is 9.45. The SMILES string of the molecule is CN(C(=O)CCC1CCNC1)C1CCN(Cc2ccccc2)CC1.Cl.Cl. The maximum absolute atomic E-state index is 12.5. The van der Waals surface area contributed by atoms with Gasteiger partial charge < -0.3 is 10.2 Å². The summed E-state index contributed by atoms with van der Waals surface area (Å²) in [6.07, 6.45) is 5.19. The maximum Gasteiger partial charge on any atom is 0.222 e. The Morgan fingerprint density at radius 2 is 1.85 bits per heavy atom. The van der Waals surface area contributed by atoms with Crippen molar-refractivity contribution in [2.75, 3.05) is 33.2 Å². The second kappa shape index (κ2) is 11.8. The lowest BCUT2D eigenvalue weighted by atomic mass is 10.00. The summed E-state index contributed by atoms with van der Waals surface area (Å²) in [4.78, 5) is 17.0. The van der Waals surface area contributed by atoms with Crippen LogP contribution in [0.1, 0.15) is 37.7 Å². The number of carbonyl (C=O) groups excluding carboxylic acids is 1. The average Bonchev–Trinajstić information content (AvgIpc) is 3.14. The Morgan fingerprint density at radius 1 is 1.15 bits per heavy atom. The van der Waals surface area contributed by atoms with E-state index in [4.69, 9.17) is 0 Å². The van der Waals surface area contributed by atoms with Gasteiger partial charge in [-0.25, -0.2) is 0 Å². The molecule has 1 unspecified atom stereocenters. The zero-order valence-corrected chi connectivity index (χ0v) is 17.4. The van der Waals surface area contributed by atoms with Crippen molar-refractivity contribution < 1.29 is 4.79 Å². The minimum absolute atomic E-state index is 0. The minimum Gasteiger partial charge on any atom is -0.343 e. The molecule has 2 aliphatic heterocycles. The van der Waals surface area contributed by atoms with Crippen molar-refractivity contribution in [1.29, 1.82) is 0 Å². The van der Waals surface area contributed by atoms with Crippen LogP contribution in [-0.2, 0) is 11.3 Å². The van der Waals surface area contributed by atoms with Gasteiger partial charge in [0.2, 0.25) is 5.91 Å². The zero-order valence-electron chi connectivity index (χ0n) is 15.7. The van der Waals surface area contributed by atoms with Crippen LogP contribution in [0.15, 0.2) is 30.3 Å². The molecule has 2 aliphatic rings. The molecule has 1 amide bonds. The zero-order chi connectivity index (χ0) is 16.8. The van der Waals surface area contributed by atoms with Crippen LogP contribution in [0.2, 0.25) is 0 Å². The van der Waals surface area contributed by atoms with Crippen LogP contribution in [0, 0.1) is 5.92 Å². The van der Waals surface area contributed by atoms with E-state index < -0.39 is 0 Å². The summed E-state index contributed by atoms with van der Waals surface area (Å²) >= 11 is 0. The van der Waals surface area contributed by atoms with Crippen molar-refractivity contribution in [3.63, 3.8) is 0 Å². The van der Waals surface area contributed by atoms with Crippen molar-refractivity contribution in [3.05, 3.63) is 35.9 Å². The number of carbonyl (C=O) groups is 1. The molecule has 1 aromatic carbocycles. The number of rotatable bonds is 6. The number of benzene rings is 1. The Hall–Kier alpha value is -0.810. The first-order chi connectivity index (χ1) is 11.7. The molecular formula is C20H33Cl2N3O. The summed E-state index contributed by atoms with van der Waals surface area (Å²) in [5.41, 5.74) is 1.38. The van der Waals surface area contributed by atoms with Crippen LogP contribution in [0.4, 0.5) is 0 Å². The molecule has 2 heterocycles. The smallest absolute Gasteiger partial charge is 0.222 e. The van der Waals surface area contributed by atoms with Crippen LogP contribution in [0.25, 0.3) is 0 Å². The van der Waals surface area contributed by atoms with Gasteiger partial charge in [-0.3, -0.25) is 9.69 Å². The molecule has 1 N–H and O–H groups in total. The largest absolute Gasteiger partial charge is 0.343 e. The van der Waals surface area contributed by atoms with Crippen LogP contribution < -0.4 is 5.32 Å². The molecule has 3 rings (SSSR count). The minimum atomic E-state index is 0. The summed E-state index contributed by atoms with van der Waals surface area (Å²) < 4.78 is 0. The molecule has 0 aliphatic carbocycles. The Bertz CT molecular complexity index is 515. The fourth-order valence-corrected chi connectivity index (χ4v) is 3.97. The normalized spacial score (nSPS) is 20.9. The molecule has 1 atom stereocenters. The quantitative estimate of drug-likeness (QED) is 0.793. The van der Waals surface area contributed by atoms with Crippen LogP contribution in [0.5, 0.6) is 0 Å². The average molecular weight is 402 g/mol. The number of nitrogens with zero attached hydrogens (tertiary/aromatic N) is 2. The van der Waals surface area contributed by atoms with E-state index in [9.17, 15) is 4.79 Å². The number of amides is 1. The number of likely N-dealkylation sites (tertiary alicyclic amines) is 1. The van der Waals surface area contributed by atoms with E-state index >= 15 is 0 Å². The fraction of sp³-hybridized carbons (Fsp3) is 0.650. The lowest BCUT2D eigenvalue weighted by molar-refractivity contribution is -0.133. The summed E-state index contributed by atoms with van der Waals surface area (Å²) in [6.45, 7) is 5.41. The molecule has 26 heavy (non-hydrogen) atoms. The second-order valence-corrected chi connectivity index (χ2v) is 7.40. The Morgan fingerprint density at radius 3 is 2.46 bits per heavy atom. The van der Waals surface area contributed by atoms with E-state index in [0.717, 1.165) is 52.0 Å². The molecule has 0 bridgehead atoms. The van der Waals surface area contributed by atoms with Gasteiger partial charge in [0.1, 0.15) is 0 Å². The third-order valence-electron chi connectivity index (χ3n) is 5.68. The Kier molecular flexibility index (Phi) is 10.6. The van der Waals surface area contributed by atoms with E-state index in [1.165, 1.54) is 12.0 Å². The monoisotopic (exact) mass is 401 g/mol. The predicted molar refractivity (Wildman–Crippen MR) is 112 cm³/mol. The molecular weight excluding hydrogens is 369 g/mol. The van der Waals surface area contributed by atoms with Gasteiger partial charge in [-0.15, -0.1) is 24.8 Å². The molecule has 0 radical (unpaired) electrons. The van der Waals surface area contributed by atoms with Gasteiger partial charge in [0, 0.05) is 39.1 Å². The molecule has 2 fully saturated rings. The van der Waals surface area contributed by atoms with Gasteiger partial charge in [0.25, 0.3) is 0 Å². The van der Waals surface area contributed by atoms with E-state index in [-0.39, 0.29) is 24.8 Å². The van der Waals surface area contributed by atoms with E-state index in [2.05, 4.69) is 40.5 Å². The lowest BCUT2D eigenvalue weighted by Crippen LogP contribution is -2.45. The molecule has 4 nitrogen and oxygen atoms in total. The van der Waals surface area contributed by atoms with Crippen molar-refractivity contribution in [2.24, 2.45) is 5.92 Å². The molecule has 0 saturated carbocycles. The number of halogens is 2. The molecule has 2 saturated heterocycles. The summed E-state index contributed by atoms with van der Waals surface area (Å²) in [5, 5.41) is 3.38. The Labute approximate surface area is 170 Å². The van der Waals surface area contributed by atoms with Crippen LogP contribution >= 0.6 is 24.8 Å². The molecule has 0 aromatic heterocycles. The first kappa shape index (κ1) is 23.2. The van der Waals surface area contributed by atoms with E-state index in [1.807, 2.05) is 11.9 Å². The third-order valence-corrected chi connectivity index (χ3v) is 5.68. The maximum atomic E-state index is 12.5. The number of hydrogen-bond donors (Lipinski definition) is 1. The van der Waals surface area contributed by atoms with Gasteiger partial charge in [0.15, 0.2) is 0 Å². The first-order valence-corrected chi connectivity index (χ1v) is 9.45. The standard InChI is InChI=1S/C20H31N3O.2ClH/c1-22(20(24)8-7-17-9-12-21-15-17)19-10-13-23(14-11-19)16-18-5-3-2-4-6-18;;/h2-6,17,19,21H,7-16H2,1H3;2*1H. The van der Waals surface area contributed by atoms with Gasteiger partial charge in [-0.05, 0) is 50.3 Å².